The van der Waals surface area contributed by atoms with Gasteiger partial charge in [-0.05, 0) is 30.8 Å². The fourth-order valence-electron chi connectivity index (χ4n) is 2.84. The summed E-state index contributed by atoms with van der Waals surface area (Å²) in [6, 6.07) is 5.28. The van der Waals surface area contributed by atoms with E-state index in [1.54, 1.807) is 35.5 Å². The lowest BCUT2D eigenvalue weighted by Gasteiger charge is -2.32. The Morgan fingerprint density at radius 1 is 1.12 bits per heavy atom. The Balaban J connectivity index is 1.88. The van der Waals surface area contributed by atoms with Crippen LogP contribution >= 0.6 is 0 Å². The van der Waals surface area contributed by atoms with Crippen LogP contribution in [0.15, 0.2) is 30.6 Å². The number of nitrogen functional groups attached to an aromatic ring is 1. The van der Waals surface area contributed by atoms with Gasteiger partial charge in [-0.2, -0.15) is 0 Å². The molecule has 0 saturated carbocycles. The van der Waals surface area contributed by atoms with E-state index in [4.69, 9.17) is 5.73 Å². The first-order valence-corrected chi connectivity index (χ1v) is 8.41. The molecule has 1 aliphatic heterocycles. The predicted molar refractivity (Wildman–Crippen MR) is 99.6 cm³/mol. The number of hydrogen-bond donors (Lipinski definition) is 2. The van der Waals surface area contributed by atoms with E-state index in [-0.39, 0.29) is 17.6 Å². The van der Waals surface area contributed by atoms with Gasteiger partial charge in [-0.3, -0.25) is 9.59 Å². The van der Waals surface area contributed by atoms with E-state index in [1.807, 2.05) is 7.05 Å². The van der Waals surface area contributed by atoms with Crippen LogP contribution in [-0.4, -0.2) is 64.8 Å². The maximum Gasteiger partial charge on any atom is 0.257 e. The van der Waals surface area contributed by atoms with Crippen LogP contribution in [0.5, 0.6) is 0 Å². The molecule has 1 fully saturated rings. The molecule has 0 spiro atoms. The van der Waals surface area contributed by atoms with Crippen molar-refractivity contribution in [1.82, 2.24) is 19.8 Å². The summed E-state index contributed by atoms with van der Waals surface area (Å²) in [6.45, 7) is 4.43. The van der Waals surface area contributed by atoms with Crippen LogP contribution < -0.4 is 11.1 Å². The summed E-state index contributed by atoms with van der Waals surface area (Å²) >= 11 is 0. The average Bonchev–Trinajstić information content (AvgIpc) is 2.62. The zero-order chi connectivity index (χ0) is 18.7. The molecule has 3 heterocycles. The molecule has 0 radical (unpaired) electrons. The number of nitrogens with zero attached hydrogens (tertiary/aromatic N) is 4. The van der Waals surface area contributed by atoms with E-state index in [0.29, 0.717) is 24.5 Å². The van der Waals surface area contributed by atoms with E-state index in [1.165, 1.54) is 6.92 Å². The molecule has 8 heteroatoms. The maximum atomic E-state index is 12.8. The highest BCUT2D eigenvalue weighted by atomic mass is 16.2. The van der Waals surface area contributed by atoms with Gasteiger partial charge in [-0.1, -0.05) is 0 Å². The Bertz CT molecular complexity index is 830. The van der Waals surface area contributed by atoms with Gasteiger partial charge >= 0.3 is 0 Å². The maximum absolute atomic E-state index is 12.8. The molecule has 0 unspecified atom stereocenters. The molecule has 2 amide bonds. The first-order chi connectivity index (χ1) is 12.4. The van der Waals surface area contributed by atoms with E-state index < -0.39 is 0 Å². The first kappa shape index (κ1) is 17.8. The van der Waals surface area contributed by atoms with Crippen molar-refractivity contribution in [2.24, 2.45) is 0 Å². The molecule has 136 valence electrons. The summed E-state index contributed by atoms with van der Waals surface area (Å²) in [5.41, 5.74) is 7.89. The number of aromatic nitrogens is 2. The summed E-state index contributed by atoms with van der Waals surface area (Å²) in [7, 11) is 2.04. The summed E-state index contributed by atoms with van der Waals surface area (Å²) in [4.78, 5) is 36.3. The van der Waals surface area contributed by atoms with Crippen LogP contribution in [0, 0.1) is 0 Å². The van der Waals surface area contributed by atoms with E-state index in [2.05, 4.69) is 20.2 Å². The van der Waals surface area contributed by atoms with Crippen molar-refractivity contribution >= 4 is 23.5 Å². The van der Waals surface area contributed by atoms with Crippen molar-refractivity contribution in [1.29, 1.82) is 0 Å². The lowest BCUT2D eigenvalue weighted by molar-refractivity contribution is -0.114. The van der Waals surface area contributed by atoms with Gasteiger partial charge in [-0.25, -0.2) is 9.97 Å². The van der Waals surface area contributed by atoms with Crippen LogP contribution in [0.3, 0.4) is 0 Å². The third-order valence-electron chi connectivity index (χ3n) is 4.34. The molecular formula is C18H22N6O2. The zero-order valence-corrected chi connectivity index (χ0v) is 14.9. The summed E-state index contributed by atoms with van der Waals surface area (Å²) in [5.74, 6) is 0.352. The Morgan fingerprint density at radius 3 is 2.54 bits per heavy atom. The molecule has 0 atom stereocenters. The molecule has 3 rings (SSSR count). The minimum atomic E-state index is -0.198. The number of pyridine rings is 2. The van der Waals surface area contributed by atoms with Crippen LogP contribution in [0.25, 0.3) is 11.1 Å². The molecule has 1 saturated heterocycles. The van der Waals surface area contributed by atoms with Gasteiger partial charge in [0.15, 0.2) is 0 Å². The minimum absolute atomic E-state index is 0.110. The predicted octanol–water partition coefficient (Wildman–Crippen LogP) is 1.07. The molecule has 0 bridgehead atoms. The second kappa shape index (κ2) is 7.49. The number of rotatable bonds is 3. The highest BCUT2D eigenvalue weighted by molar-refractivity contribution is 5.99. The van der Waals surface area contributed by atoms with Crippen molar-refractivity contribution in [3.63, 3.8) is 0 Å². The van der Waals surface area contributed by atoms with Crippen molar-refractivity contribution < 1.29 is 9.59 Å². The normalized spacial score (nSPS) is 14.9. The number of amides is 2. The van der Waals surface area contributed by atoms with Crippen molar-refractivity contribution in [2.45, 2.75) is 6.92 Å². The van der Waals surface area contributed by atoms with Gasteiger partial charge in [0.25, 0.3) is 5.91 Å². The fourth-order valence-corrected chi connectivity index (χ4v) is 2.84. The van der Waals surface area contributed by atoms with Gasteiger partial charge in [0.1, 0.15) is 11.6 Å². The van der Waals surface area contributed by atoms with E-state index in [9.17, 15) is 9.59 Å². The number of nitrogens with one attached hydrogen (secondary N) is 1. The van der Waals surface area contributed by atoms with Gasteiger partial charge in [0, 0.05) is 51.1 Å². The number of nitrogens with two attached hydrogens (primary N) is 1. The molecule has 2 aromatic heterocycles. The number of likely N-dealkylation sites (N-methyl/N-ethyl adjacent to an activating group) is 1. The molecule has 26 heavy (non-hydrogen) atoms. The summed E-state index contributed by atoms with van der Waals surface area (Å²) in [5, 5.41) is 2.64. The number of hydrogen-bond acceptors (Lipinski definition) is 6. The standard InChI is InChI=1S/C18H22N6O2/c1-12(25)22-16-10-13(3-4-20-16)14-9-15(17(19)21-11-14)18(26)24-7-5-23(2)6-8-24/h3-4,9-11H,5-8H2,1-2H3,(H2,19,21)(H,20,22,25). The average molecular weight is 354 g/mol. The van der Waals surface area contributed by atoms with Crippen LogP contribution in [0.4, 0.5) is 11.6 Å². The topological polar surface area (TPSA) is 104 Å². The molecule has 2 aromatic rings. The number of carbonyl (C=O) groups excluding carboxylic acids is 2. The number of piperazine rings is 1. The highest BCUT2D eigenvalue weighted by Crippen LogP contribution is 2.24. The second-order valence-corrected chi connectivity index (χ2v) is 6.36. The lowest BCUT2D eigenvalue weighted by Crippen LogP contribution is -2.47. The quantitative estimate of drug-likeness (QED) is 0.854. The summed E-state index contributed by atoms with van der Waals surface area (Å²) < 4.78 is 0. The Hall–Kier alpha value is -3.00. The Morgan fingerprint density at radius 2 is 1.85 bits per heavy atom. The second-order valence-electron chi connectivity index (χ2n) is 6.36. The molecule has 0 aromatic carbocycles. The third kappa shape index (κ3) is 3.97. The Kier molecular flexibility index (Phi) is 5.13. The fraction of sp³-hybridized carbons (Fsp3) is 0.333. The molecule has 3 N–H and O–H groups in total. The third-order valence-corrected chi connectivity index (χ3v) is 4.34. The summed E-state index contributed by atoms with van der Waals surface area (Å²) in [6.07, 6.45) is 3.21. The Labute approximate surface area is 152 Å². The number of anilines is 2. The zero-order valence-electron chi connectivity index (χ0n) is 14.9. The van der Waals surface area contributed by atoms with Crippen LogP contribution in [0.1, 0.15) is 17.3 Å². The first-order valence-electron chi connectivity index (χ1n) is 8.41. The molecular weight excluding hydrogens is 332 g/mol. The minimum Gasteiger partial charge on any atom is -0.383 e. The van der Waals surface area contributed by atoms with Crippen molar-refractivity contribution in [3.8, 4) is 11.1 Å². The molecule has 1 aliphatic rings. The molecule has 8 nitrogen and oxygen atoms in total. The lowest BCUT2D eigenvalue weighted by atomic mass is 10.1. The SMILES string of the molecule is CC(=O)Nc1cc(-c2cnc(N)c(C(=O)N3CCN(C)CC3)c2)ccn1. The van der Waals surface area contributed by atoms with Crippen LogP contribution in [0.2, 0.25) is 0 Å². The monoisotopic (exact) mass is 354 g/mol. The van der Waals surface area contributed by atoms with E-state index in [0.717, 1.165) is 24.2 Å². The largest absolute Gasteiger partial charge is 0.383 e. The van der Waals surface area contributed by atoms with Gasteiger partial charge < -0.3 is 20.9 Å². The molecule has 0 aliphatic carbocycles. The van der Waals surface area contributed by atoms with Crippen molar-refractivity contribution in [2.75, 3.05) is 44.3 Å². The number of carbonyl (C=O) groups is 2. The smallest absolute Gasteiger partial charge is 0.257 e. The van der Waals surface area contributed by atoms with Gasteiger partial charge in [0.05, 0.1) is 5.56 Å². The highest BCUT2D eigenvalue weighted by Gasteiger charge is 2.23. The van der Waals surface area contributed by atoms with E-state index >= 15 is 0 Å². The van der Waals surface area contributed by atoms with Crippen LogP contribution in [-0.2, 0) is 4.79 Å². The van der Waals surface area contributed by atoms with Crippen molar-refractivity contribution in [3.05, 3.63) is 36.2 Å². The van der Waals surface area contributed by atoms with Gasteiger partial charge in [0.2, 0.25) is 5.91 Å². The van der Waals surface area contributed by atoms with Gasteiger partial charge in [-0.15, -0.1) is 0 Å².